The summed E-state index contributed by atoms with van der Waals surface area (Å²) in [6, 6.07) is 4.00. The SMILES string of the molecule is Nc1ccc(F)c(C(=O)NCC2CCOCC2)c1. The lowest BCUT2D eigenvalue weighted by Gasteiger charge is -2.22. The molecule has 0 saturated carbocycles. The Hall–Kier alpha value is -1.62. The number of nitrogens with two attached hydrogens (primary N) is 1. The van der Waals surface area contributed by atoms with E-state index >= 15 is 0 Å². The lowest BCUT2D eigenvalue weighted by molar-refractivity contribution is 0.0642. The van der Waals surface area contributed by atoms with E-state index in [2.05, 4.69) is 5.32 Å². The first-order chi connectivity index (χ1) is 8.66. The number of amides is 1. The average Bonchev–Trinajstić information content (AvgIpc) is 2.40. The molecule has 0 aromatic heterocycles. The summed E-state index contributed by atoms with van der Waals surface area (Å²) in [4.78, 5) is 11.8. The molecule has 1 aliphatic rings. The Bertz CT molecular complexity index is 431. The Morgan fingerprint density at radius 3 is 2.89 bits per heavy atom. The Kier molecular flexibility index (Phi) is 4.15. The molecule has 0 radical (unpaired) electrons. The summed E-state index contributed by atoms with van der Waals surface area (Å²) in [5.41, 5.74) is 5.93. The third-order valence-corrected chi connectivity index (χ3v) is 3.13. The molecule has 0 atom stereocenters. The fraction of sp³-hybridized carbons (Fsp3) is 0.462. The summed E-state index contributed by atoms with van der Waals surface area (Å²) in [5.74, 6) is -0.549. The van der Waals surface area contributed by atoms with Crippen LogP contribution in [0.5, 0.6) is 0 Å². The first-order valence-corrected chi connectivity index (χ1v) is 6.08. The number of carbonyl (C=O) groups is 1. The maximum absolute atomic E-state index is 13.4. The highest BCUT2D eigenvalue weighted by Crippen LogP contribution is 2.15. The van der Waals surface area contributed by atoms with E-state index in [-0.39, 0.29) is 5.56 Å². The van der Waals surface area contributed by atoms with Crippen LogP contribution in [-0.4, -0.2) is 25.7 Å². The van der Waals surface area contributed by atoms with Gasteiger partial charge in [0.25, 0.3) is 5.91 Å². The van der Waals surface area contributed by atoms with Crippen LogP contribution >= 0.6 is 0 Å². The second kappa shape index (κ2) is 5.82. The second-order valence-electron chi connectivity index (χ2n) is 4.51. The number of halogens is 1. The van der Waals surface area contributed by atoms with Gasteiger partial charge < -0.3 is 15.8 Å². The van der Waals surface area contributed by atoms with Crippen LogP contribution in [0.2, 0.25) is 0 Å². The van der Waals surface area contributed by atoms with Crippen LogP contribution in [-0.2, 0) is 4.74 Å². The number of benzene rings is 1. The van der Waals surface area contributed by atoms with Gasteiger partial charge >= 0.3 is 0 Å². The predicted octanol–water partition coefficient (Wildman–Crippen LogP) is 1.56. The van der Waals surface area contributed by atoms with Crippen molar-refractivity contribution in [1.82, 2.24) is 5.32 Å². The van der Waals surface area contributed by atoms with Gasteiger partial charge in [0.15, 0.2) is 0 Å². The molecule has 0 bridgehead atoms. The number of hydrogen-bond acceptors (Lipinski definition) is 3. The van der Waals surface area contributed by atoms with E-state index in [4.69, 9.17) is 10.5 Å². The number of hydrogen-bond donors (Lipinski definition) is 2. The molecular weight excluding hydrogens is 235 g/mol. The Labute approximate surface area is 105 Å². The highest BCUT2D eigenvalue weighted by atomic mass is 19.1. The normalized spacial score (nSPS) is 16.5. The van der Waals surface area contributed by atoms with Crippen molar-refractivity contribution in [2.24, 2.45) is 5.92 Å². The van der Waals surface area contributed by atoms with Gasteiger partial charge in [-0.1, -0.05) is 0 Å². The third kappa shape index (κ3) is 3.20. The van der Waals surface area contributed by atoms with Crippen molar-refractivity contribution >= 4 is 11.6 Å². The maximum Gasteiger partial charge on any atom is 0.254 e. The molecule has 18 heavy (non-hydrogen) atoms. The largest absolute Gasteiger partial charge is 0.399 e. The summed E-state index contributed by atoms with van der Waals surface area (Å²) in [7, 11) is 0. The molecule has 1 amide bonds. The van der Waals surface area contributed by atoms with Crippen molar-refractivity contribution in [3.8, 4) is 0 Å². The molecule has 4 nitrogen and oxygen atoms in total. The maximum atomic E-state index is 13.4. The Balaban J connectivity index is 1.92. The Morgan fingerprint density at radius 1 is 1.44 bits per heavy atom. The monoisotopic (exact) mass is 252 g/mol. The van der Waals surface area contributed by atoms with Crippen LogP contribution in [0.25, 0.3) is 0 Å². The minimum Gasteiger partial charge on any atom is -0.399 e. The first kappa shape index (κ1) is 12.8. The predicted molar refractivity (Wildman–Crippen MR) is 66.7 cm³/mol. The molecule has 0 unspecified atom stereocenters. The standard InChI is InChI=1S/C13H17FN2O2/c14-12-2-1-10(15)7-11(12)13(17)16-8-9-3-5-18-6-4-9/h1-2,7,9H,3-6,8,15H2,(H,16,17). The molecule has 5 heteroatoms. The fourth-order valence-electron chi connectivity index (χ4n) is 2.00. The molecule has 0 spiro atoms. The Morgan fingerprint density at radius 2 is 2.17 bits per heavy atom. The quantitative estimate of drug-likeness (QED) is 0.802. The molecule has 3 N–H and O–H groups in total. The summed E-state index contributed by atoms with van der Waals surface area (Å²) in [5, 5.41) is 2.75. The number of ether oxygens (including phenoxy) is 1. The van der Waals surface area contributed by atoms with Gasteiger partial charge in [-0.2, -0.15) is 0 Å². The molecule has 2 rings (SSSR count). The van der Waals surface area contributed by atoms with Gasteiger partial charge in [-0.15, -0.1) is 0 Å². The van der Waals surface area contributed by atoms with E-state index in [1.807, 2.05) is 0 Å². The van der Waals surface area contributed by atoms with E-state index in [9.17, 15) is 9.18 Å². The zero-order chi connectivity index (χ0) is 13.0. The van der Waals surface area contributed by atoms with Crippen molar-refractivity contribution in [3.05, 3.63) is 29.6 Å². The van der Waals surface area contributed by atoms with Crippen molar-refractivity contribution in [3.63, 3.8) is 0 Å². The highest BCUT2D eigenvalue weighted by molar-refractivity contribution is 5.95. The molecule has 1 aromatic carbocycles. The molecule has 1 saturated heterocycles. The molecule has 0 aliphatic carbocycles. The summed E-state index contributed by atoms with van der Waals surface area (Å²) < 4.78 is 18.7. The summed E-state index contributed by atoms with van der Waals surface area (Å²) in [6.45, 7) is 2.01. The van der Waals surface area contributed by atoms with Gasteiger partial charge in [0.2, 0.25) is 0 Å². The topological polar surface area (TPSA) is 64.4 Å². The van der Waals surface area contributed by atoms with E-state index in [1.165, 1.54) is 18.2 Å². The minimum atomic E-state index is -0.548. The van der Waals surface area contributed by atoms with Gasteiger partial charge in [-0.25, -0.2) is 4.39 Å². The number of rotatable bonds is 3. The van der Waals surface area contributed by atoms with Crippen LogP contribution in [0, 0.1) is 11.7 Å². The van der Waals surface area contributed by atoms with Crippen LogP contribution < -0.4 is 11.1 Å². The second-order valence-corrected chi connectivity index (χ2v) is 4.51. The van der Waals surface area contributed by atoms with Crippen LogP contribution in [0.1, 0.15) is 23.2 Å². The van der Waals surface area contributed by atoms with E-state index in [0.717, 1.165) is 26.1 Å². The van der Waals surface area contributed by atoms with Crippen LogP contribution in [0.4, 0.5) is 10.1 Å². The number of anilines is 1. The zero-order valence-electron chi connectivity index (χ0n) is 10.1. The molecule has 98 valence electrons. The lowest BCUT2D eigenvalue weighted by atomic mass is 10.0. The number of nitrogens with one attached hydrogen (secondary N) is 1. The first-order valence-electron chi connectivity index (χ1n) is 6.08. The zero-order valence-corrected chi connectivity index (χ0v) is 10.1. The molecule has 1 fully saturated rings. The van der Waals surface area contributed by atoms with Crippen LogP contribution in [0.15, 0.2) is 18.2 Å². The van der Waals surface area contributed by atoms with Gasteiger partial charge in [0.1, 0.15) is 5.82 Å². The van der Waals surface area contributed by atoms with Crippen LogP contribution in [0.3, 0.4) is 0 Å². The summed E-state index contributed by atoms with van der Waals surface area (Å²) in [6.07, 6.45) is 1.86. The number of nitrogen functional groups attached to an aromatic ring is 1. The number of carbonyl (C=O) groups excluding carboxylic acids is 1. The lowest BCUT2D eigenvalue weighted by Crippen LogP contribution is -2.32. The molecular formula is C13H17FN2O2. The summed E-state index contributed by atoms with van der Waals surface area (Å²) >= 11 is 0. The van der Waals surface area contributed by atoms with E-state index in [0.29, 0.717) is 18.2 Å². The highest BCUT2D eigenvalue weighted by Gasteiger charge is 2.17. The van der Waals surface area contributed by atoms with Gasteiger partial charge in [0.05, 0.1) is 5.56 Å². The van der Waals surface area contributed by atoms with Crippen molar-refractivity contribution < 1.29 is 13.9 Å². The molecule has 1 aliphatic heterocycles. The average molecular weight is 252 g/mol. The van der Waals surface area contributed by atoms with Gasteiger partial charge in [-0.3, -0.25) is 4.79 Å². The fourth-order valence-corrected chi connectivity index (χ4v) is 2.00. The van der Waals surface area contributed by atoms with E-state index < -0.39 is 11.7 Å². The third-order valence-electron chi connectivity index (χ3n) is 3.13. The molecule has 1 heterocycles. The van der Waals surface area contributed by atoms with E-state index in [1.54, 1.807) is 0 Å². The van der Waals surface area contributed by atoms with Gasteiger partial charge in [-0.05, 0) is 37.0 Å². The van der Waals surface area contributed by atoms with Crippen molar-refractivity contribution in [2.45, 2.75) is 12.8 Å². The van der Waals surface area contributed by atoms with Crippen molar-refractivity contribution in [2.75, 3.05) is 25.5 Å². The molecule has 1 aromatic rings. The van der Waals surface area contributed by atoms with Crippen molar-refractivity contribution in [1.29, 1.82) is 0 Å². The minimum absolute atomic E-state index is 0.00191. The van der Waals surface area contributed by atoms with Gasteiger partial charge in [0, 0.05) is 25.4 Å². The smallest absolute Gasteiger partial charge is 0.254 e.